The number of carbonyl (C=O) groups excluding carboxylic acids is 2. The molecule has 0 heterocycles. The van der Waals surface area contributed by atoms with Crippen LogP contribution in [0, 0.1) is 5.92 Å². The van der Waals surface area contributed by atoms with E-state index >= 15 is 0 Å². The number of aliphatic hydroxyl groups is 1. The molecule has 0 amide bonds. The molecule has 154 valence electrons. The molecule has 0 fully saturated rings. The van der Waals surface area contributed by atoms with Gasteiger partial charge >= 0.3 is 18.1 Å². The van der Waals surface area contributed by atoms with Crippen LogP contribution in [0.3, 0.4) is 0 Å². The molecule has 3 atom stereocenters. The minimum Gasteiger partial charge on any atom is -0.469 e. The van der Waals surface area contributed by atoms with Crippen LogP contribution >= 0.6 is 0 Å². The lowest BCUT2D eigenvalue weighted by atomic mass is 9.66. The highest BCUT2D eigenvalue weighted by molar-refractivity contribution is 5.93. The van der Waals surface area contributed by atoms with Crippen LogP contribution in [-0.4, -0.2) is 43.9 Å². The molecule has 9 heteroatoms. The summed E-state index contributed by atoms with van der Waals surface area (Å²) in [5.41, 5.74) is -1.84. The SMILES string of the molecule is CNC1=C(C(=O)OC)C(c2ccc(C(F)(F)F)cc2)C(C(=O)OC)C(C)(O)C1. The number of halogens is 3. The Balaban J connectivity index is 2.72. The largest absolute Gasteiger partial charge is 0.469 e. The van der Waals surface area contributed by atoms with Gasteiger partial charge in [0.2, 0.25) is 0 Å². The van der Waals surface area contributed by atoms with Crippen molar-refractivity contribution in [2.45, 2.75) is 31.0 Å². The van der Waals surface area contributed by atoms with Crippen molar-refractivity contribution in [2.24, 2.45) is 5.92 Å². The fraction of sp³-hybridized carbons (Fsp3) is 0.474. The maximum atomic E-state index is 12.9. The molecule has 0 bridgehead atoms. The lowest BCUT2D eigenvalue weighted by molar-refractivity contribution is -0.157. The van der Waals surface area contributed by atoms with E-state index in [-0.39, 0.29) is 17.6 Å². The molecule has 2 N–H and O–H groups in total. The van der Waals surface area contributed by atoms with Crippen molar-refractivity contribution in [3.8, 4) is 0 Å². The third-order valence-corrected chi connectivity index (χ3v) is 4.93. The predicted octanol–water partition coefficient (Wildman–Crippen LogP) is 2.38. The zero-order valence-corrected chi connectivity index (χ0v) is 15.9. The molecule has 28 heavy (non-hydrogen) atoms. The molecule has 6 nitrogen and oxygen atoms in total. The molecule has 1 aliphatic carbocycles. The van der Waals surface area contributed by atoms with Gasteiger partial charge in [0.15, 0.2) is 0 Å². The van der Waals surface area contributed by atoms with Crippen LogP contribution < -0.4 is 5.32 Å². The summed E-state index contributed by atoms with van der Waals surface area (Å²) >= 11 is 0. The Bertz CT molecular complexity index is 784. The highest BCUT2D eigenvalue weighted by Gasteiger charge is 2.52. The first-order chi connectivity index (χ1) is 13.0. The van der Waals surface area contributed by atoms with E-state index in [1.54, 1.807) is 0 Å². The summed E-state index contributed by atoms with van der Waals surface area (Å²) in [5.74, 6) is -3.82. The van der Waals surface area contributed by atoms with Gasteiger partial charge in [0.25, 0.3) is 0 Å². The summed E-state index contributed by atoms with van der Waals surface area (Å²) < 4.78 is 48.4. The minimum atomic E-state index is -4.53. The predicted molar refractivity (Wildman–Crippen MR) is 93.0 cm³/mol. The van der Waals surface area contributed by atoms with Crippen LogP contribution in [0.4, 0.5) is 13.2 Å². The topological polar surface area (TPSA) is 84.9 Å². The van der Waals surface area contributed by atoms with E-state index in [9.17, 15) is 27.9 Å². The van der Waals surface area contributed by atoms with Crippen LogP contribution in [-0.2, 0) is 25.2 Å². The molecule has 0 saturated carbocycles. The van der Waals surface area contributed by atoms with Crippen LogP contribution in [0.1, 0.15) is 30.4 Å². The monoisotopic (exact) mass is 401 g/mol. The van der Waals surface area contributed by atoms with Crippen molar-refractivity contribution in [1.82, 2.24) is 5.32 Å². The standard InChI is InChI=1S/C19H22F3NO5/c1-18(26)9-12(23-2)14(16(24)27-3)13(15(18)17(25)28-4)10-5-7-11(8-6-10)19(20,21)22/h5-8,13,15,23,26H,9H2,1-4H3. The molecule has 1 aromatic carbocycles. The Kier molecular flexibility index (Phi) is 6.08. The third-order valence-electron chi connectivity index (χ3n) is 4.93. The highest BCUT2D eigenvalue weighted by Crippen LogP contribution is 2.47. The Labute approximate surface area is 160 Å². The Morgan fingerprint density at radius 1 is 1.18 bits per heavy atom. The smallest absolute Gasteiger partial charge is 0.416 e. The Morgan fingerprint density at radius 3 is 2.18 bits per heavy atom. The number of hydrogen-bond acceptors (Lipinski definition) is 6. The van der Waals surface area contributed by atoms with E-state index in [1.165, 1.54) is 26.1 Å². The van der Waals surface area contributed by atoms with Gasteiger partial charge in [0, 0.05) is 25.1 Å². The lowest BCUT2D eigenvalue weighted by Gasteiger charge is -2.42. The second kappa shape index (κ2) is 7.83. The number of ether oxygens (including phenoxy) is 2. The molecule has 0 saturated heterocycles. The highest BCUT2D eigenvalue weighted by atomic mass is 19.4. The second-order valence-corrected chi connectivity index (χ2v) is 6.77. The van der Waals surface area contributed by atoms with E-state index in [1.807, 2.05) is 0 Å². The lowest BCUT2D eigenvalue weighted by Crippen LogP contribution is -2.50. The van der Waals surface area contributed by atoms with Crippen molar-refractivity contribution in [3.63, 3.8) is 0 Å². The van der Waals surface area contributed by atoms with Gasteiger partial charge in [0.05, 0.1) is 36.9 Å². The second-order valence-electron chi connectivity index (χ2n) is 6.77. The van der Waals surface area contributed by atoms with E-state index in [2.05, 4.69) is 5.32 Å². The van der Waals surface area contributed by atoms with E-state index in [4.69, 9.17) is 9.47 Å². The quantitative estimate of drug-likeness (QED) is 0.754. The van der Waals surface area contributed by atoms with E-state index in [0.29, 0.717) is 5.70 Å². The molecular formula is C19H22F3NO5. The third kappa shape index (κ3) is 3.99. The van der Waals surface area contributed by atoms with Gasteiger partial charge < -0.3 is 19.9 Å². The average molecular weight is 401 g/mol. The van der Waals surface area contributed by atoms with Gasteiger partial charge in [0.1, 0.15) is 0 Å². The van der Waals surface area contributed by atoms with Gasteiger partial charge in [-0.3, -0.25) is 4.79 Å². The molecule has 1 aromatic rings. The van der Waals surface area contributed by atoms with E-state index in [0.717, 1.165) is 26.4 Å². The van der Waals surface area contributed by atoms with Crippen molar-refractivity contribution in [1.29, 1.82) is 0 Å². The maximum Gasteiger partial charge on any atom is 0.416 e. The fourth-order valence-electron chi connectivity index (χ4n) is 3.62. The fourth-order valence-corrected chi connectivity index (χ4v) is 3.62. The van der Waals surface area contributed by atoms with Gasteiger partial charge in [-0.1, -0.05) is 12.1 Å². The summed E-state index contributed by atoms with van der Waals surface area (Å²) in [5, 5.41) is 13.7. The first kappa shape index (κ1) is 21.7. The number of benzene rings is 1. The first-order valence-electron chi connectivity index (χ1n) is 8.44. The maximum absolute atomic E-state index is 12.9. The number of carbonyl (C=O) groups is 2. The van der Waals surface area contributed by atoms with Crippen molar-refractivity contribution >= 4 is 11.9 Å². The molecule has 0 radical (unpaired) electrons. The van der Waals surface area contributed by atoms with Gasteiger partial charge in [-0.05, 0) is 24.6 Å². The summed E-state index contributed by atoms with van der Waals surface area (Å²) in [6.45, 7) is 1.41. The Morgan fingerprint density at radius 2 is 1.75 bits per heavy atom. The van der Waals surface area contributed by atoms with Crippen molar-refractivity contribution < 1.29 is 37.3 Å². The van der Waals surface area contributed by atoms with Gasteiger partial charge in [-0.2, -0.15) is 13.2 Å². The summed E-state index contributed by atoms with van der Waals surface area (Å²) in [6.07, 6.45) is -4.60. The molecule has 0 aliphatic heterocycles. The number of hydrogen-bond donors (Lipinski definition) is 2. The van der Waals surface area contributed by atoms with Crippen LogP contribution in [0.2, 0.25) is 0 Å². The van der Waals surface area contributed by atoms with Crippen LogP contribution in [0.25, 0.3) is 0 Å². The number of alkyl halides is 3. The molecule has 3 unspecified atom stereocenters. The minimum absolute atomic E-state index is 0.0617. The normalized spacial score (nSPS) is 25.3. The van der Waals surface area contributed by atoms with Crippen molar-refractivity contribution in [2.75, 3.05) is 21.3 Å². The van der Waals surface area contributed by atoms with Crippen LogP contribution in [0.5, 0.6) is 0 Å². The van der Waals surface area contributed by atoms with Crippen LogP contribution in [0.15, 0.2) is 35.5 Å². The molecule has 0 aromatic heterocycles. The summed E-state index contributed by atoms with van der Waals surface area (Å²) in [4.78, 5) is 25.0. The van der Waals surface area contributed by atoms with E-state index < -0.39 is 41.1 Å². The number of esters is 2. The molecule has 1 aliphatic rings. The molecular weight excluding hydrogens is 379 g/mol. The molecule has 2 rings (SSSR count). The van der Waals surface area contributed by atoms with Gasteiger partial charge in [-0.15, -0.1) is 0 Å². The Hall–Kier alpha value is -2.55. The average Bonchev–Trinajstić information content (AvgIpc) is 2.64. The first-order valence-corrected chi connectivity index (χ1v) is 8.44. The zero-order valence-electron chi connectivity index (χ0n) is 15.9. The van der Waals surface area contributed by atoms with Crippen molar-refractivity contribution in [3.05, 3.63) is 46.7 Å². The zero-order chi connectivity index (χ0) is 21.3. The number of rotatable bonds is 4. The summed E-state index contributed by atoms with van der Waals surface area (Å²) in [6, 6.07) is 4.09. The summed E-state index contributed by atoms with van der Waals surface area (Å²) in [7, 11) is 3.83. The molecule has 0 spiro atoms. The number of nitrogens with one attached hydrogen (secondary N) is 1. The number of methoxy groups -OCH3 is 2. The van der Waals surface area contributed by atoms with Gasteiger partial charge in [-0.25, -0.2) is 4.79 Å².